The van der Waals surface area contributed by atoms with Gasteiger partial charge < -0.3 is 5.32 Å². The minimum Gasteiger partial charge on any atom is -0.325 e. The largest absolute Gasteiger partial charge is 0.325 e. The summed E-state index contributed by atoms with van der Waals surface area (Å²) in [6.45, 7) is 0. The van der Waals surface area contributed by atoms with Crippen LogP contribution in [0.5, 0.6) is 0 Å². The number of rotatable bonds is 4. The lowest BCUT2D eigenvalue weighted by molar-refractivity contribution is -0.120. The number of hydrogen-bond acceptors (Lipinski definition) is 5. The van der Waals surface area contributed by atoms with Gasteiger partial charge in [-0.2, -0.15) is 17.4 Å². The van der Waals surface area contributed by atoms with Gasteiger partial charge in [0.15, 0.2) is 0 Å². The zero-order valence-corrected chi connectivity index (χ0v) is 18.6. The molecule has 3 heterocycles. The third-order valence-electron chi connectivity index (χ3n) is 5.02. The van der Waals surface area contributed by atoms with Crippen LogP contribution in [0, 0.1) is 5.82 Å². The summed E-state index contributed by atoms with van der Waals surface area (Å²) in [5.41, 5.74) is 2.13. The fourth-order valence-corrected chi connectivity index (χ4v) is 5.82. The Bertz CT molecular complexity index is 1220. The van der Waals surface area contributed by atoms with Crippen LogP contribution >= 0.6 is 22.9 Å². The molecule has 0 radical (unpaired) electrons. The number of nitrogens with one attached hydrogen (secondary N) is 2. The maximum atomic E-state index is 13.4. The summed E-state index contributed by atoms with van der Waals surface area (Å²) < 4.78 is 42.3. The van der Waals surface area contributed by atoms with E-state index in [-0.39, 0.29) is 17.1 Å². The molecule has 11 heteroatoms. The summed E-state index contributed by atoms with van der Waals surface area (Å²) in [4.78, 5) is 17.8. The number of carbonyl (C=O) groups is 1. The number of nitrogens with zero attached hydrogens (tertiary/aromatic N) is 2. The molecule has 0 bridgehead atoms. The molecule has 1 aromatic carbocycles. The number of benzene rings is 1. The zero-order chi connectivity index (χ0) is 22.2. The number of hydrogen-bond donors (Lipinski definition) is 2. The van der Waals surface area contributed by atoms with Crippen LogP contribution in [0.2, 0.25) is 5.02 Å². The lowest BCUT2D eigenvalue weighted by Gasteiger charge is -2.35. The zero-order valence-electron chi connectivity index (χ0n) is 16.2. The Morgan fingerprint density at radius 1 is 1.32 bits per heavy atom. The van der Waals surface area contributed by atoms with Crippen LogP contribution in [0.4, 0.5) is 10.1 Å². The summed E-state index contributed by atoms with van der Waals surface area (Å²) >= 11 is 7.18. The van der Waals surface area contributed by atoms with Crippen LogP contribution in [0.3, 0.4) is 0 Å². The minimum absolute atomic E-state index is 0.136. The molecular weight excluding hydrogens is 463 g/mol. The number of thiophene rings is 1. The molecule has 0 unspecified atom stereocenters. The third kappa shape index (κ3) is 4.63. The van der Waals surface area contributed by atoms with E-state index in [2.05, 4.69) is 15.0 Å². The molecule has 1 amide bonds. The van der Waals surface area contributed by atoms with Crippen molar-refractivity contribution >= 4 is 44.7 Å². The molecule has 1 aliphatic heterocycles. The molecule has 0 saturated carbocycles. The number of amides is 1. The average molecular weight is 481 g/mol. The Balaban J connectivity index is 1.57. The second-order valence-corrected chi connectivity index (χ2v) is 10.2. The van der Waals surface area contributed by atoms with Crippen molar-refractivity contribution < 1.29 is 17.6 Å². The molecule has 2 aromatic heterocycles. The van der Waals surface area contributed by atoms with Gasteiger partial charge >= 0.3 is 0 Å². The van der Waals surface area contributed by atoms with Crippen LogP contribution in [0.25, 0.3) is 11.1 Å². The monoisotopic (exact) mass is 480 g/mol. The molecule has 0 spiro atoms. The number of anilines is 1. The SMILES string of the molecule is CN1[C@@H](C(=O)Nc2ccc(F)c(Cl)c2)C[C@@H](c2cc(-c3cccnc3)cs2)NS1(=O)=O. The quantitative estimate of drug-likeness (QED) is 0.593. The Labute approximate surface area is 188 Å². The normalized spacial score (nSPS) is 21.0. The Hall–Kier alpha value is -2.37. The first-order valence-electron chi connectivity index (χ1n) is 9.24. The van der Waals surface area contributed by atoms with Gasteiger partial charge in [-0.1, -0.05) is 17.7 Å². The van der Waals surface area contributed by atoms with Crippen molar-refractivity contribution in [3.8, 4) is 11.1 Å². The van der Waals surface area contributed by atoms with Crippen LogP contribution < -0.4 is 10.0 Å². The number of carbonyl (C=O) groups excluding carboxylic acids is 1. The van der Waals surface area contributed by atoms with E-state index in [4.69, 9.17) is 11.6 Å². The van der Waals surface area contributed by atoms with E-state index < -0.39 is 34.0 Å². The molecule has 2 N–H and O–H groups in total. The number of likely N-dealkylation sites (N-methyl/N-ethyl adjacent to an activating group) is 1. The average Bonchev–Trinajstić information content (AvgIpc) is 3.23. The standard InChI is InChI=1S/C20H18ClFN4O3S2/c1-26-18(20(27)24-14-4-5-16(22)15(21)8-14)9-17(25-31(26,28)29)19-7-13(11-30-19)12-3-2-6-23-10-12/h2-8,10-11,17-18,25H,9H2,1H3,(H,24,27)/t17-,18+/m0/s1. The van der Waals surface area contributed by atoms with Gasteiger partial charge in [-0.15, -0.1) is 11.3 Å². The highest BCUT2D eigenvalue weighted by molar-refractivity contribution is 7.87. The van der Waals surface area contributed by atoms with Crippen molar-refractivity contribution in [2.75, 3.05) is 12.4 Å². The maximum Gasteiger partial charge on any atom is 0.280 e. The van der Waals surface area contributed by atoms with E-state index in [0.717, 1.165) is 26.4 Å². The first kappa shape index (κ1) is 21.8. The molecule has 3 aromatic rings. The summed E-state index contributed by atoms with van der Waals surface area (Å²) in [5.74, 6) is -1.13. The topological polar surface area (TPSA) is 91.4 Å². The van der Waals surface area contributed by atoms with Gasteiger partial charge in [-0.3, -0.25) is 9.78 Å². The van der Waals surface area contributed by atoms with Gasteiger partial charge in [0.05, 0.1) is 11.1 Å². The van der Waals surface area contributed by atoms with Crippen LogP contribution in [-0.4, -0.2) is 36.7 Å². The molecule has 162 valence electrons. The van der Waals surface area contributed by atoms with E-state index in [1.807, 2.05) is 23.6 Å². The second kappa shape index (κ2) is 8.64. The smallest absolute Gasteiger partial charge is 0.280 e. The number of pyridine rings is 1. The first-order chi connectivity index (χ1) is 14.7. The Morgan fingerprint density at radius 2 is 2.13 bits per heavy atom. The third-order valence-corrected chi connectivity index (χ3v) is 7.95. The number of halogens is 2. The minimum atomic E-state index is -3.88. The van der Waals surface area contributed by atoms with Crippen LogP contribution in [0.15, 0.2) is 54.2 Å². The molecule has 0 aliphatic carbocycles. The maximum absolute atomic E-state index is 13.4. The highest BCUT2D eigenvalue weighted by atomic mass is 35.5. The van der Waals surface area contributed by atoms with E-state index in [1.54, 1.807) is 12.4 Å². The van der Waals surface area contributed by atoms with Crippen LogP contribution in [0.1, 0.15) is 17.3 Å². The van der Waals surface area contributed by atoms with E-state index in [9.17, 15) is 17.6 Å². The van der Waals surface area contributed by atoms with E-state index >= 15 is 0 Å². The highest BCUT2D eigenvalue weighted by Crippen LogP contribution is 2.35. The molecule has 1 aliphatic rings. The van der Waals surface area contributed by atoms with E-state index in [1.165, 1.54) is 30.5 Å². The second-order valence-electron chi connectivity index (χ2n) is 7.04. The van der Waals surface area contributed by atoms with Gasteiger partial charge in [0.25, 0.3) is 10.2 Å². The molecule has 1 saturated heterocycles. The Kier molecular flexibility index (Phi) is 6.09. The van der Waals surface area contributed by atoms with Crippen molar-refractivity contribution in [2.24, 2.45) is 0 Å². The molecule has 2 atom stereocenters. The van der Waals surface area contributed by atoms with Crippen molar-refractivity contribution in [3.63, 3.8) is 0 Å². The molecule has 1 fully saturated rings. The summed E-state index contributed by atoms with van der Waals surface area (Å²) in [5, 5.41) is 4.41. The van der Waals surface area contributed by atoms with Gasteiger partial charge in [-0.25, -0.2) is 4.39 Å². The van der Waals surface area contributed by atoms with Crippen molar-refractivity contribution in [1.82, 2.24) is 14.0 Å². The lowest BCUT2D eigenvalue weighted by atomic mass is 10.0. The highest BCUT2D eigenvalue weighted by Gasteiger charge is 2.41. The summed E-state index contributed by atoms with van der Waals surface area (Å²) in [7, 11) is -2.54. The van der Waals surface area contributed by atoms with Crippen molar-refractivity contribution in [2.45, 2.75) is 18.5 Å². The fraction of sp³-hybridized carbons (Fsp3) is 0.200. The Morgan fingerprint density at radius 3 is 2.84 bits per heavy atom. The summed E-state index contributed by atoms with van der Waals surface area (Å²) in [6.07, 6.45) is 3.64. The fourth-order valence-electron chi connectivity index (χ4n) is 3.32. The molecule has 7 nitrogen and oxygen atoms in total. The van der Waals surface area contributed by atoms with Gasteiger partial charge in [0.2, 0.25) is 5.91 Å². The number of aromatic nitrogens is 1. The predicted molar refractivity (Wildman–Crippen MR) is 119 cm³/mol. The predicted octanol–water partition coefficient (Wildman–Crippen LogP) is 3.82. The molecular formula is C20H18ClFN4O3S2. The van der Waals surface area contributed by atoms with Crippen molar-refractivity contribution in [3.05, 3.63) is 69.9 Å². The van der Waals surface area contributed by atoms with Gasteiger partial charge in [0, 0.05) is 35.6 Å². The van der Waals surface area contributed by atoms with E-state index in [0.29, 0.717) is 0 Å². The van der Waals surface area contributed by atoms with Gasteiger partial charge in [0.1, 0.15) is 11.9 Å². The molecule has 4 rings (SSSR count). The molecule has 31 heavy (non-hydrogen) atoms. The van der Waals surface area contributed by atoms with Gasteiger partial charge in [-0.05, 0) is 47.7 Å². The lowest BCUT2D eigenvalue weighted by Crippen LogP contribution is -2.55. The van der Waals surface area contributed by atoms with Crippen LogP contribution in [-0.2, 0) is 15.0 Å². The first-order valence-corrected chi connectivity index (χ1v) is 11.9. The summed E-state index contributed by atoms with van der Waals surface area (Å²) in [6, 6.07) is 7.90. The van der Waals surface area contributed by atoms with Crippen molar-refractivity contribution in [1.29, 1.82) is 0 Å².